The van der Waals surface area contributed by atoms with Crippen LogP contribution >= 0.6 is 0 Å². The average molecular weight is 271 g/mol. The van der Waals surface area contributed by atoms with E-state index in [9.17, 15) is 8.42 Å². The molecule has 0 amide bonds. The van der Waals surface area contributed by atoms with Gasteiger partial charge in [0, 0.05) is 12.5 Å². The van der Waals surface area contributed by atoms with Gasteiger partial charge in [-0.1, -0.05) is 22.9 Å². The Kier molecular flexibility index (Phi) is 4.69. The third-order valence-electron chi connectivity index (χ3n) is 2.33. The van der Waals surface area contributed by atoms with Gasteiger partial charge in [0.1, 0.15) is 5.84 Å². The fraction of sp³-hybridized carbons (Fsp3) is 0.364. The van der Waals surface area contributed by atoms with Crippen molar-refractivity contribution in [3.63, 3.8) is 0 Å². The largest absolute Gasteiger partial charge is 0.409 e. The van der Waals surface area contributed by atoms with E-state index in [-0.39, 0.29) is 17.2 Å². The molecule has 0 heterocycles. The predicted molar refractivity (Wildman–Crippen MR) is 69.0 cm³/mol. The molecule has 1 aromatic carbocycles. The molecule has 7 heteroatoms. The van der Waals surface area contributed by atoms with Gasteiger partial charge in [-0.15, -0.1) is 0 Å². The number of nitrogens with two attached hydrogens (primary N) is 1. The highest BCUT2D eigenvalue weighted by Crippen LogP contribution is 2.11. The van der Waals surface area contributed by atoms with Crippen LogP contribution in [0.2, 0.25) is 0 Å². The van der Waals surface area contributed by atoms with Crippen molar-refractivity contribution < 1.29 is 13.6 Å². The number of hydrogen-bond acceptors (Lipinski definition) is 4. The maximum Gasteiger partial charge on any atom is 0.240 e. The van der Waals surface area contributed by atoms with Crippen molar-refractivity contribution in [3.8, 4) is 0 Å². The smallest absolute Gasteiger partial charge is 0.240 e. The van der Waals surface area contributed by atoms with E-state index in [0.717, 1.165) is 5.56 Å². The number of hydrogen-bond donors (Lipinski definition) is 3. The fourth-order valence-electron chi connectivity index (χ4n) is 1.45. The molecule has 0 radical (unpaired) electrons. The van der Waals surface area contributed by atoms with E-state index in [1.165, 1.54) is 12.1 Å². The summed E-state index contributed by atoms with van der Waals surface area (Å²) in [5.41, 5.74) is 6.30. The number of aryl methyl sites for hydroxylation is 1. The number of rotatable bonds is 5. The first kappa shape index (κ1) is 14.5. The average Bonchev–Trinajstić information content (AvgIpc) is 2.28. The Hall–Kier alpha value is -1.60. The van der Waals surface area contributed by atoms with E-state index in [0.29, 0.717) is 0 Å². The molecule has 0 aromatic heterocycles. The Labute approximate surface area is 107 Å². The number of amidine groups is 1. The van der Waals surface area contributed by atoms with Crippen LogP contribution in [0, 0.1) is 6.92 Å². The quantitative estimate of drug-likeness (QED) is 0.319. The van der Waals surface area contributed by atoms with Gasteiger partial charge in [0.05, 0.1) is 4.90 Å². The number of benzene rings is 1. The summed E-state index contributed by atoms with van der Waals surface area (Å²) in [4.78, 5) is 0.194. The van der Waals surface area contributed by atoms with E-state index in [1.807, 2.05) is 6.92 Å². The van der Waals surface area contributed by atoms with Crippen LogP contribution in [-0.2, 0) is 10.0 Å². The fourth-order valence-corrected chi connectivity index (χ4v) is 2.69. The van der Waals surface area contributed by atoms with Crippen molar-refractivity contribution in [1.29, 1.82) is 0 Å². The predicted octanol–water partition coefficient (Wildman–Crippen LogP) is 0.798. The third-order valence-corrected chi connectivity index (χ3v) is 3.94. The highest BCUT2D eigenvalue weighted by Gasteiger charge is 2.17. The van der Waals surface area contributed by atoms with Crippen molar-refractivity contribution in [3.05, 3.63) is 29.8 Å². The first-order chi connectivity index (χ1) is 8.35. The summed E-state index contributed by atoms with van der Waals surface area (Å²) in [6.45, 7) is 3.52. The minimum atomic E-state index is -3.57. The van der Waals surface area contributed by atoms with Crippen LogP contribution in [0.5, 0.6) is 0 Å². The molecule has 0 saturated heterocycles. The Morgan fingerprint density at radius 1 is 1.44 bits per heavy atom. The first-order valence-corrected chi connectivity index (χ1v) is 6.89. The van der Waals surface area contributed by atoms with E-state index in [4.69, 9.17) is 10.9 Å². The number of nitrogens with one attached hydrogen (secondary N) is 1. The Morgan fingerprint density at radius 2 is 2.00 bits per heavy atom. The third kappa shape index (κ3) is 4.01. The molecule has 1 atom stereocenters. The van der Waals surface area contributed by atoms with Gasteiger partial charge in [0.2, 0.25) is 10.0 Å². The molecule has 0 fully saturated rings. The Balaban J connectivity index is 2.79. The molecule has 1 unspecified atom stereocenters. The maximum absolute atomic E-state index is 12.0. The molecule has 100 valence electrons. The molecule has 0 bridgehead atoms. The lowest BCUT2D eigenvalue weighted by molar-refractivity contribution is 0.316. The van der Waals surface area contributed by atoms with E-state index in [1.54, 1.807) is 19.1 Å². The molecule has 0 spiro atoms. The first-order valence-electron chi connectivity index (χ1n) is 5.40. The van der Waals surface area contributed by atoms with Crippen molar-refractivity contribution in [2.75, 3.05) is 0 Å². The molecule has 1 aromatic rings. The van der Waals surface area contributed by atoms with Gasteiger partial charge in [-0.3, -0.25) is 0 Å². The van der Waals surface area contributed by atoms with Crippen molar-refractivity contribution >= 4 is 15.9 Å². The summed E-state index contributed by atoms with van der Waals surface area (Å²) in [5.74, 6) is -0.0193. The molecular formula is C11H17N3O3S. The Bertz CT molecular complexity index is 523. The minimum Gasteiger partial charge on any atom is -0.409 e. The summed E-state index contributed by atoms with van der Waals surface area (Å²) < 4.78 is 26.4. The summed E-state index contributed by atoms with van der Waals surface area (Å²) in [6.07, 6.45) is 0.140. The second-order valence-electron chi connectivity index (χ2n) is 4.13. The summed E-state index contributed by atoms with van der Waals surface area (Å²) in [6, 6.07) is 6.07. The lowest BCUT2D eigenvalue weighted by Crippen LogP contribution is -2.35. The van der Waals surface area contributed by atoms with E-state index < -0.39 is 16.1 Å². The van der Waals surface area contributed by atoms with Crippen molar-refractivity contribution in [2.45, 2.75) is 31.2 Å². The lowest BCUT2D eigenvalue weighted by Gasteiger charge is -2.13. The second-order valence-corrected chi connectivity index (χ2v) is 5.84. The van der Waals surface area contributed by atoms with Crippen LogP contribution < -0.4 is 10.5 Å². The van der Waals surface area contributed by atoms with Gasteiger partial charge < -0.3 is 10.9 Å². The SMILES string of the molecule is Cc1ccc(S(=O)(=O)NC(C)CC(N)=NO)cc1. The molecule has 0 aliphatic heterocycles. The molecule has 1 rings (SSSR count). The Morgan fingerprint density at radius 3 is 2.50 bits per heavy atom. The van der Waals surface area contributed by atoms with Crippen LogP contribution in [0.1, 0.15) is 18.9 Å². The topological polar surface area (TPSA) is 105 Å². The van der Waals surface area contributed by atoms with Gasteiger partial charge >= 0.3 is 0 Å². The van der Waals surface area contributed by atoms with Gasteiger partial charge in [0.15, 0.2) is 0 Å². The van der Waals surface area contributed by atoms with Gasteiger partial charge in [-0.05, 0) is 26.0 Å². The molecule has 6 nitrogen and oxygen atoms in total. The summed E-state index contributed by atoms with van der Waals surface area (Å²) >= 11 is 0. The number of oxime groups is 1. The van der Waals surface area contributed by atoms with Crippen LogP contribution in [0.4, 0.5) is 0 Å². The van der Waals surface area contributed by atoms with Gasteiger partial charge in [-0.2, -0.15) is 0 Å². The van der Waals surface area contributed by atoms with Gasteiger partial charge in [0.25, 0.3) is 0 Å². The van der Waals surface area contributed by atoms with Crippen LogP contribution in [0.3, 0.4) is 0 Å². The van der Waals surface area contributed by atoms with Crippen molar-refractivity contribution in [2.24, 2.45) is 10.9 Å². The normalized spacial score (nSPS) is 14.4. The standard InChI is InChI=1S/C11H17N3O3S/c1-8-3-5-10(6-4-8)18(16,17)14-9(2)7-11(12)13-15/h3-6,9,14-15H,7H2,1-2H3,(H2,12,13). The van der Waals surface area contributed by atoms with E-state index in [2.05, 4.69) is 9.88 Å². The summed E-state index contributed by atoms with van der Waals surface area (Å²) in [5, 5.41) is 11.2. The van der Waals surface area contributed by atoms with Crippen LogP contribution in [0.25, 0.3) is 0 Å². The summed E-state index contributed by atoms with van der Waals surface area (Å²) in [7, 11) is -3.57. The van der Waals surface area contributed by atoms with Crippen LogP contribution in [-0.4, -0.2) is 25.5 Å². The maximum atomic E-state index is 12.0. The number of sulfonamides is 1. The number of nitrogens with zero attached hydrogens (tertiary/aromatic N) is 1. The zero-order chi connectivity index (χ0) is 13.8. The monoisotopic (exact) mass is 271 g/mol. The lowest BCUT2D eigenvalue weighted by atomic mass is 10.2. The zero-order valence-corrected chi connectivity index (χ0v) is 11.1. The van der Waals surface area contributed by atoms with E-state index >= 15 is 0 Å². The molecule has 18 heavy (non-hydrogen) atoms. The zero-order valence-electron chi connectivity index (χ0n) is 10.3. The molecule has 4 N–H and O–H groups in total. The molecular weight excluding hydrogens is 254 g/mol. The van der Waals surface area contributed by atoms with Crippen molar-refractivity contribution in [1.82, 2.24) is 4.72 Å². The minimum absolute atomic E-state index is 0.0193. The van der Waals surface area contributed by atoms with Crippen LogP contribution in [0.15, 0.2) is 34.3 Å². The highest BCUT2D eigenvalue weighted by molar-refractivity contribution is 7.89. The molecule has 0 saturated carbocycles. The highest BCUT2D eigenvalue weighted by atomic mass is 32.2. The van der Waals surface area contributed by atoms with Gasteiger partial charge in [-0.25, -0.2) is 13.1 Å². The molecule has 0 aliphatic rings. The molecule has 0 aliphatic carbocycles. The second kappa shape index (κ2) is 5.83.